The fourth-order valence-electron chi connectivity index (χ4n) is 2.66. The third kappa shape index (κ3) is 2.41. The first-order chi connectivity index (χ1) is 9.47. The Labute approximate surface area is 123 Å². The molecule has 2 aromatic rings. The monoisotopic (exact) mass is 307 g/mol. The molecular weight excluding hydrogens is 290 g/mol. The van der Waals surface area contributed by atoms with Gasteiger partial charge >= 0.3 is 0 Å². The smallest absolute Gasteiger partial charge is 0.180 e. The van der Waals surface area contributed by atoms with Crippen LogP contribution in [0.2, 0.25) is 0 Å². The number of benzene rings is 1. The first-order valence-corrected chi connectivity index (χ1v) is 9.08. The van der Waals surface area contributed by atoms with E-state index in [0.29, 0.717) is 4.90 Å². The van der Waals surface area contributed by atoms with Gasteiger partial charge in [-0.2, -0.15) is 0 Å². The first-order valence-electron chi connectivity index (χ1n) is 6.61. The summed E-state index contributed by atoms with van der Waals surface area (Å²) < 4.78 is 24.3. The van der Waals surface area contributed by atoms with Gasteiger partial charge in [0.2, 0.25) is 0 Å². The van der Waals surface area contributed by atoms with Gasteiger partial charge in [-0.05, 0) is 37.6 Å². The van der Waals surface area contributed by atoms with Crippen molar-refractivity contribution < 1.29 is 8.42 Å². The molecule has 1 N–H and O–H groups in total. The van der Waals surface area contributed by atoms with Crippen molar-refractivity contribution in [2.24, 2.45) is 0 Å². The Kier molecular flexibility index (Phi) is 3.44. The summed E-state index contributed by atoms with van der Waals surface area (Å²) >= 11 is 1.75. The van der Waals surface area contributed by atoms with Crippen LogP contribution in [-0.2, 0) is 9.84 Å². The number of sulfone groups is 1. The van der Waals surface area contributed by atoms with E-state index < -0.39 is 9.84 Å². The molecule has 1 aromatic heterocycles. The Morgan fingerprint density at radius 3 is 2.70 bits per heavy atom. The van der Waals surface area contributed by atoms with E-state index in [2.05, 4.69) is 31.3 Å². The molecule has 106 valence electrons. The highest BCUT2D eigenvalue weighted by Crippen LogP contribution is 2.35. The van der Waals surface area contributed by atoms with Gasteiger partial charge in [-0.25, -0.2) is 8.42 Å². The van der Waals surface area contributed by atoms with Gasteiger partial charge in [-0.3, -0.25) is 0 Å². The molecule has 0 saturated carbocycles. The number of thiophene rings is 1. The Hall–Kier alpha value is -1.17. The van der Waals surface area contributed by atoms with Crippen LogP contribution in [0.4, 0.5) is 0 Å². The standard InChI is InChI=1S/C15H17NO2S2/c1-10-7-8-14(19-10)11(2)16-13-9-20(17,18)15-6-4-3-5-12(13)15/h3-8,11,13,16H,9H2,1-2H3. The van der Waals surface area contributed by atoms with Crippen molar-refractivity contribution in [1.82, 2.24) is 5.32 Å². The lowest BCUT2D eigenvalue weighted by Gasteiger charge is -2.18. The average molecular weight is 307 g/mol. The normalized spacial score (nSPS) is 21.6. The molecule has 0 radical (unpaired) electrons. The van der Waals surface area contributed by atoms with Gasteiger partial charge in [-0.15, -0.1) is 11.3 Å². The summed E-state index contributed by atoms with van der Waals surface area (Å²) in [5, 5.41) is 3.45. The molecule has 0 spiro atoms. The molecule has 0 aliphatic carbocycles. The lowest BCUT2D eigenvalue weighted by Crippen LogP contribution is -2.25. The number of rotatable bonds is 3. The second-order valence-corrected chi connectivity index (χ2v) is 8.53. The molecule has 0 saturated heterocycles. The van der Waals surface area contributed by atoms with Gasteiger partial charge in [0.1, 0.15) is 0 Å². The van der Waals surface area contributed by atoms with Crippen LogP contribution in [0.1, 0.15) is 34.3 Å². The van der Waals surface area contributed by atoms with Crippen LogP contribution >= 0.6 is 11.3 Å². The molecule has 2 atom stereocenters. The van der Waals surface area contributed by atoms with E-state index in [1.54, 1.807) is 23.5 Å². The molecule has 20 heavy (non-hydrogen) atoms. The highest BCUT2D eigenvalue weighted by atomic mass is 32.2. The summed E-state index contributed by atoms with van der Waals surface area (Å²) in [6.07, 6.45) is 0. The minimum atomic E-state index is -3.14. The molecule has 3 nitrogen and oxygen atoms in total. The predicted molar refractivity (Wildman–Crippen MR) is 81.8 cm³/mol. The number of fused-ring (bicyclic) bond motifs is 1. The molecule has 0 amide bonds. The number of hydrogen-bond donors (Lipinski definition) is 1. The fraction of sp³-hybridized carbons (Fsp3) is 0.333. The topological polar surface area (TPSA) is 46.2 Å². The van der Waals surface area contributed by atoms with Crippen LogP contribution in [0.25, 0.3) is 0 Å². The van der Waals surface area contributed by atoms with Crippen molar-refractivity contribution in [3.63, 3.8) is 0 Å². The van der Waals surface area contributed by atoms with E-state index in [9.17, 15) is 8.42 Å². The van der Waals surface area contributed by atoms with Crippen LogP contribution < -0.4 is 5.32 Å². The van der Waals surface area contributed by atoms with Gasteiger partial charge in [0.25, 0.3) is 0 Å². The van der Waals surface area contributed by atoms with Gasteiger partial charge in [0.15, 0.2) is 9.84 Å². The fourth-order valence-corrected chi connectivity index (χ4v) is 5.30. The van der Waals surface area contributed by atoms with E-state index in [1.165, 1.54) is 9.75 Å². The Bertz CT molecular complexity index is 734. The maximum Gasteiger partial charge on any atom is 0.180 e. The highest BCUT2D eigenvalue weighted by Gasteiger charge is 2.34. The Morgan fingerprint density at radius 1 is 1.25 bits per heavy atom. The number of hydrogen-bond acceptors (Lipinski definition) is 4. The van der Waals surface area contributed by atoms with E-state index >= 15 is 0 Å². The van der Waals surface area contributed by atoms with E-state index in [-0.39, 0.29) is 17.8 Å². The molecule has 5 heteroatoms. The molecular formula is C15H17NO2S2. The predicted octanol–water partition coefficient (Wildman–Crippen LogP) is 3.24. The summed E-state index contributed by atoms with van der Waals surface area (Å²) in [5.74, 6) is 0.154. The van der Waals surface area contributed by atoms with Crippen LogP contribution in [0.3, 0.4) is 0 Å². The molecule has 0 bridgehead atoms. The van der Waals surface area contributed by atoms with Crippen molar-refractivity contribution in [3.05, 3.63) is 51.7 Å². The molecule has 2 heterocycles. The molecule has 1 aliphatic heterocycles. The number of aryl methyl sites for hydroxylation is 1. The maximum atomic E-state index is 12.1. The van der Waals surface area contributed by atoms with Gasteiger partial charge in [-0.1, -0.05) is 18.2 Å². The summed E-state index contributed by atoms with van der Waals surface area (Å²) in [4.78, 5) is 2.99. The van der Waals surface area contributed by atoms with E-state index in [0.717, 1.165) is 5.56 Å². The zero-order valence-electron chi connectivity index (χ0n) is 11.5. The summed E-state index contributed by atoms with van der Waals surface area (Å²) in [6.45, 7) is 4.16. The zero-order valence-corrected chi connectivity index (χ0v) is 13.1. The largest absolute Gasteiger partial charge is 0.302 e. The second-order valence-electron chi connectivity index (χ2n) is 5.21. The van der Waals surface area contributed by atoms with Crippen LogP contribution in [0, 0.1) is 6.92 Å². The molecule has 1 aromatic carbocycles. The van der Waals surface area contributed by atoms with Crippen LogP contribution in [-0.4, -0.2) is 14.2 Å². The Balaban J connectivity index is 1.86. The first kappa shape index (κ1) is 13.8. The summed E-state index contributed by atoms with van der Waals surface area (Å²) in [6, 6.07) is 11.5. The van der Waals surface area contributed by atoms with Gasteiger partial charge < -0.3 is 5.32 Å². The quantitative estimate of drug-likeness (QED) is 0.947. The Morgan fingerprint density at radius 2 is 2.00 bits per heavy atom. The molecule has 0 fully saturated rings. The molecule has 3 rings (SSSR count). The van der Waals surface area contributed by atoms with Gasteiger partial charge in [0.05, 0.1) is 10.6 Å². The lowest BCUT2D eigenvalue weighted by atomic mass is 10.1. The summed E-state index contributed by atoms with van der Waals surface area (Å²) in [5.41, 5.74) is 0.896. The van der Waals surface area contributed by atoms with Gasteiger partial charge in [0, 0.05) is 21.8 Å². The minimum Gasteiger partial charge on any atom is -0.302 e. The SMILES string of the molecule is Cc1ccc(C(C)NC2CS(=O)(=O)c3ccccc32)s1. The second kappa shape index (κ2) is 4.98. The number of nitrogens with one attached hydrogen (secondary N) is 1. The highest BCUT2D eigenvalue weighted by molar-refractivity contribution is 7.91. The van der Waals surface area contributed by atoms with Crippen LogP contribution in [0.15, 0.2) is 41.3 Å². The van der Waals surface area contributed by atoms with Crippen molar-refractivity contribution in [1.29, 1.82) is 0 Å². The summed E-state index contributed by atoms with van der Waals surface area (Å²) in [7, 11) is -3.14. The third-order valence-electron chi connectivity index (χ3n) is 3.65. The van der Waals surface area contributed by atoms with Crippen molar-refractivity contribution in [3.8, 4) is 0 Å². The van der Waals surface area contributed by atoms with Crippen molar-refractivity contribution >= 4 is 21.2 Å². The average Bonchev–Trinajstić information content (AvgIpc) is 2.93. The van der Waals surface area contributed by atoms with Crippen molar-refractivity contribution in [2.75, 3.05) is 5.75 Å². The molecule has 2 unspecified atom stereocenters. The minimum absolute atomic E-state index is 0.117. The zero-order chi connectivity index (χ0) is 14.3. The van der Waals surface area contributed by atoms with Crippen molar-refractivity contribution in [2.45, 2.75) is 30.8 Å². The lowest BCUT2D eigenvalue weighted by molar-refractivity contribution is 0.502. The maximum absolute atomic E-state index is 12.1. The van der Waals surface area contributed by atoms with E-state index in [4.69, 9.17) is 0 Å². The van der Waals surface area contributed by atoms with Crippen LogP contribution in [0.5, 0.6) is 0 Å². The third-order valence-corrected chi connectivity index (χ3v) is 6.65. The van der Waals surface area contributed by atoms with E-state index in [1.807, 2.05) is 12.1 Å². The molecule has 1 aliphatic rings.